The number of phosphoric ester groups is 1. The molecule has 0 aromatic rings. The van der Waals surface area contributed by atoms with Crippen molar-refractivity contribution in [1.82, 2.24) is 0 Å². The Bertz CT molecular complexity index is 582. The molecule has 0 aliphatic carbocycles. The Morgan fingerprint density at radius 1 is 0.903 bits per heavy atom. The topological polar surface area (TPSA) is 119 Å². The van der Waals surface area contributed by atoms with Crippen molar-refractivity contribution < 1.29 is 37.9 Å². The molecule has 2 N–H and O–H groups in total. The van der Waals surface area contributed by atoms with Gasteiger partial charge in [-0.05, 0) is 32.1 Å². The van der Waals surface area contributed by atoms with Gasteiger partial charge in [0, 0.05) is 13.3 Å². The number of carbonyl (C=O) groups is 2. The Hall–Kier alpha value is -1.47. The molecule has 0 saturated heterocycles. The third kappa shape index (κ3) is 23.0. The van der Waals surface area contributed by atoms with Crippen LogP contribution in [-0.4, -0.2) is 41.0 Å². The Morgan fingerprint density at radius 3 is 2.13 bits per heavy atom. The number of phosphoric acid groups is 1. The number of ether oxygens (including phenoxy) is 2. The molecule has 0 aliphatic heterocycles. The Balaban J connectivity index is 3.84. The highest BCUT2D eigenvalue weighted by Crippen LogP contribution is 2.35. The fourth-order valence-electron chi connectivity index (χ4n) is 2.64. The van der Waals surface area contributed by atoms with Crippen molar-refractivity contribution in [2.24, 2.45) is 0 Å². The molecule has 0 aromatic carbocycles. The molecule has 31 heavy (non-hydrogen) atoms. The smallest absolute Gasteiger partial charge is 0.462 e. The van der Waals surface area contributed by atoms with Gasteiger partial charge in [0.15, 0.2) is 6.10 Å². The van der Waals surface area contributed by atoms with Crippen molar-refractivity contribution in [2.75, 3.05) is 13.2 Å². The van der Waals surface area contributed by atoms with E-state index in [1.807, 2.05) is 0 Å². The largest absolute Gasteiger partial charge is 0.469 e. The van der Waals surface area contributed by atoms with Gasteiger partial charge in [-0.2, -0.15) is 0 Å². The van der Waals surface area contributed by atoms with Gasteiger partial charge in [0.25, 0.3) is 0 Å². The quantitative estimate of drug-likeness (QED) is 0.119. The number of unbranched alkanes of at least 4 members (excludes halogenated alkanes) is 7. The molecule has 8 nitrogen and oxygen atoms in total. The van der Waals surface area contributed by atoms with E-state index in [1.54, 1.807) is 0 Å². The second-order valence-electron chi connectivity index (χ2n) is 7.33. The molecule has 0 amide bonds. The van der Waals surface area contributed by atoms with Crippen molar-refractivity contribution in [3.63, 3.8) is 0 Å². The van der Waals surface area contributed by atoms with Gasteiger partial charge < -0.3 is 19.3 Å². The monoisotopic (exact) mass is 462 g/mol. The lowest BCUT2D eigenvalue weighted by atomic mass is 10.1. The number of hydrogen-bond donors (Lipinski definition) is 2. The third-order valence-corrected chi connectivity index (χ3v) is 4.77. The second kappa shape index (κ2) is 19.2. The van der Waals surface area contributed by atoms with Crippen molar-refractivity contribution in [2.45, 2.75) is 90.6 Å². The molecule has 180 valence electrons. The van der Waals surface area contributed by atoms with E-state index in [4.69, 9.17) is 19.3 Å². The minimum Gasteiger partial charge on any atom is -0.462 e. The maximum absolute atomic E-state index is 11.9. The first kappa shape index (κ1) is 29.5. The predicted molar refractivity (Wildman–Crippen MR) is 119 cm³/mol. The van der Waals surface area contributed by atoms with E-state index in [0.717, 1.165) is 44.9 Å². The average molecular weight is 463 g/mol. The molecule has 1 unspecified atom stereocenters. The summed E-state index contributed by atoms with van der Waals surface area (Å²) in [5.41, 5.74) is 0. The Kier molecular flexibility index (Phi) is 18.3. The molecule has 0 rings (SSSR count). The van der Waals surface area contributed by atoms with Crippen LogP contribution in [0.3, 0.4) is 0 Å². The standard InChI is InChI=1S/C22H39O8P/c1-3-4-5-6-7-8-9-10-11-12-13-14-15-16-17-22(24)30-21(18-28-20(2)23)19-29-31(25,26)27/h6-7,9-10,21H,3-5,8,11-19H2,1-2H3,(H2,25,26,27)/b7-6-,10-9-. The zero-order valence-electron chi connectivity index (χ0n) is 18.9. The SMILES string of the molecule is CCCC/C=C\C/C=C\CCCCCCCC(=O)OC(COC(C)=O)COP(=O)(O)O. The minimum atomic E-state index is -4.70. The molecular formula is C22H39O8P. The molecule has 0 bridgehead atoms. The minimum absolute atomic E-state index is 0.191. The van der Waals surface area contributed by atoms with Gasteiger partial charge in [-0.3, -0.25) is 14.1 Å². The van der Waals surface area contributed by atoms with E-state index in [2.05, 4.69) is 35.8 Å². The molecular weight excluding hydrogens is 423 g/mol. The molecule has 0 radical (unpaired) electrons. The van der Waals surface area contributed by atoms with Gasteiger partial charge in [0.2, 0.25) is 0 Å². The summed E-state index contributed by atoms with van der Waals surface area (Å²) in [6.45, 7) is 2.51. The summed E-state index contributed by atoms with van der Waals surface area (Å²) in [5.74, 6) is -1.10. The van der Waals surface area contributed by atoms with Crippen molar-refractivity contribution >= 4 is 19.8 Å². The summed E-state index contributed by atoms with van der Waals surface area (Å²) in [6.07, 6.45) is 18.5. The molecule has 0 aliphatic rings. The molecule has 9 heteroatoms. The average Bonchev–Trinajstić information content (AvgIpc) is 2.69. The van der Waals surface area contributed by atoms with Gasteiger partial charge in [0.05, 0.1) is 6.61 Å². The number of carbonyl (C=O) groups excluding carboxylic acids is 2. The first-order valence-electron chi connectivity index (χ1n) is 11.1. The number of rotatable bonds is 19. The summed E-state index contributed by atoms with van der Waals surface area (Å²) < 4.78 is 25.0. The van der Waals surface area contributed by atoms with Crippen LogP contribution in [0.1, 0.15) is 84.5 Å². The fourth-order valence-corrected chi connectivity index (χ4v) is 3.00. The van der Waals surface area contributed by atoms with E-state index in [-0.39, 0.29) is 13.0 Å². The van der Waals surface area contributed by atoms with Crippen LogP contribution in [0.5, 0.6) is 0 Å². The van der Waals surface area contributed by atoms with Crippen LogP contribution in [0.2, 0.25) is 0 Å². The van der Waals surface area contributed by atoms with Crippen LogP contribution in [-0.2, 0) is 28.2 Å². The highest BCUT2D eigenvalue weighted by atomic mass is 31.2. The lowest BCUT2D eigenvalue weighted by molar-refractivity contribution is -0.160. The lowest BCUT2D eigenvalue weighted by Gasteiger charge is -2.18. The summed E-state index contributed by atoms with van der Waals surface area (Å²) in [6, 6.07) is 0. The van der Waals surface area contributed by atoms with Crippen LogP contribution in [0.15, 0.2) is 24.3 Å². The molecule has 0 spiro atoms. The summed E-state index contributed by atoms with van der Waals surface area (Å²) in [4.78, 5) is 40.3. The van der Waals surface area contributed by atoms with Gasteiger partial charge in [0.1, 0.15) is 6.61 Å². The lowest BCUT2D eigenvalue weighted by Crippen LogP contribution is -2.29. The highest BCUT2D eigenvalue weighted by molar-refractivity contribution is 7.46. The van der Waals surface area contributed by atoms with Gasteiger partial charge in [-0.1, -0.05) is 63.3 Å². The summed E-state index contributed by atoms with van der Waals surface area (Å²) in [5, 5.41) is 0. The van der Waals surface area contributed by atoms with E-state index in [0.29, 0.717) is 6.42 Å². The first-order chi connectivity index (χ1) is 14.7. The van der Waals surface area contributed by atoms with E-state index in [1.165, 1.54) is 19.8 Å². The molecule has 0 saturated carbocycles. The van der Waals surface area contributed by atoms with E-state index < -0.39 is 32.5 Å². The van der Waals surface area contributed by atoms with Gasteiger partial charge in [-0.25, -0.2) is 4.57 Å². The second-order valence-corrected chi connectivity index (χ2v) is 8.57. The van der Waals surface area contributed by atoms with Crippen molar-refractivity contribution in [3.05, 3.63) is 24.3 Å². The van der Waals surface area contributed by atoms with Crippen LogP contribution < -0.4 is 0 Å². The zero-order chi connectivity index (χ0) is 23.4. The number of allylic oxidation sites excluding steroid dienone is 4. The summed E-state index contributed by atoms with van der Waals surface area (Å²) in [7, 11) is -4.70. The van der Waals surface area contributed by atoms with Crippen molar-refractivity contribution in [1.29, 1.82) is 0 Å². The van der Waals surface area contributed by atoms with Crippen LogP contribution in [0.4, 0.5) is 0 Å². The normalized spacial score (nSPS) is 13.0. The van der Waals surface area contributed by atoms with Crippen molar-refractivity contribution in [3.8, 4) is 0 Å². The molecule has 0 fully saturated rings. The van der Waals surface area contributed by atoms with Crippen LogP contribution >= 0.6 is 7.82 Å². The zero-order valence-corrected chi connectivity index (χ0v) is 19.8. The maximum Gasteiger partial charge on any atom is 0.469 e. The number of hydrogen-bond acceptors (Lipinski definition) is 6. The van der Waals surface area contributed by atoms with Gasteiger partial charge >= 0.3 is 19.8 Å². The van der Waals surface area contributed by atoms with Crippen LogP contribution in [0.25, 0.3) is 0 Å². The molecule has 0 heterocycles. The highest BCUT2D eigenvalue weighted by Gasteiger charge is 2.22. The molecule has 1 atom stereocenters. The maximum atomic E-state index is 11.9. The first-order valence-corrected chi connectivity index (χ1v) is 12.6. The van der Waals surface area contributed by atoms with E-state index in [9.17, 15) is 14.2 Å². The van der Waals surface area contributed by atoms with Gasteiger partial charge in [-0.15, -0.1) is 0 Å². The fraction of sp³-hybridized carbons (Fsp3) is 0.727. The Labute approximate surface area is 186 Å². The Morgan fingerprint density at radius 2 is 1.52 bits per heavy atom. The third-order valence-electron chi connectivity index (χ3n) is 4.28. The molecule has 0 aromatic heterocycles. The van der Waals surface area contributed by atoms with E-state index >= 15 is 0 Å². The summed E-state index contributed by atoms with van der Waals surface area (Å²) >= 11 is 0. The van der Waals surface area contributed by atoms with Crippen LogP contribution in [0, 0.1) is 0 Å². The number of esters is 2. The predicted octanol–water partition coefficient (Wildman–Crippen LogP) is 4.99.